The number of aromatic amines is 1. The van der Waals surface area contributed by atoms with Gasteiger partial charge in [-0.3, -0.25) is 19.4 Å². The molecule has 8 heteroatoms. The number of aliphatic carboxylic acids is 1. The number of allylic oxidation sites excluding steroid dienone is 1. The summed E-state index contributed by atoms with van der Waals surface area (Å²) >= 11 is 0. The number of aromatic nitrogens is 2. The van der Waals surface area contributed by atoms with E-state index in [1.54, 1.807) is 19.1 Å². The SMILES string of the molecule is Cc1[nH]n(CCCC(=O)O)c(=O)c1N=Nc1cccc(/C=C2\CCc3ccccc32)c1O. The normalized spacial score (nSPS) is 14.3. The van der Waals surface area contributed by atoms with Crippen LogP contribution in [0.3, 0.4) is 0 Å². The van der Waals surface area contributed by atoms with Crippen molar-refractivity contribution in [2.45, 2.75) is 39.2 Å². The highest BCUT2D eigenvalue weighted by atomic mass is 16.4. The van der Waals surface area contributed by atoms with Crippen molar-refractivity contribution in [2.75, 3.05) is 0 Å². The lowest BCUT2D eigenvalue weighted by Gasteiger charge is -2.05. The number of hydrogen-bond acceptors (Lipinski definition) is 5. The molecule has 0 aliphatic heterocycles. The van der Waals surface area contributed by atoms with Gasteiger partial charge < -0.3 is 10.2 Å². The van der Waals surface area contributed by atoms with Crippen LogP contribution in [0.2, 0.25) is 0 Å². The Labute approximate surface area is 184 Å². The van der Waals surface area contributed by atoms with E-state index in [-0.39, 0.29) is 35.6 Å². The van der Waals surface area contributed by atoms with E-state index in [4.69, 9.17) is 5.11 Å². The number of H-pyrrole nitrogens is 1. The number of aromatic hydroxyl groups is 1. The highest BCUT2D eigenvalue weighted by Gasteiger charge is 2.16. The largest absolute Gasteiger partial charge is 0.505 e. The lowest BCUT2D eigenvalue weighted by Crippen LogP contribution is -2.17. The standard InChI is InChI=1S/C24H24N4O4/c1-15-22(24(32)28(27-15)13-5-10-21(29)30)26-25-20-9-4-7-18(23(20)31)14-17-12-11-16-6-2-3-8-19(16)17/h2-4,6-9,14,27,31H,5,10-13H2,1H3,(H,29,30)/b17-14+,26-25?. The molecule has 164 valence electrons. The molecule has 32 heavy (non-hydrogen) atoms. The van der Waals surface area contributed by atoms with Crippen LogP contribution in [0.5, 0.6) is 5.75 Å². The summed E-state index contributed by atoms with van der Waals surface area (Å²) < 4.78 is 1.32. The van der Waals surface area contributed by atoms with Crippen LogP contribution in [0.4, 0.5) is 11.4 Å². The van der Waals surface area contributed by atoms with Crippen LogP contribution < -0.4 is 5.56 Å². The Hall–Kier alpha value is -3.94. The van der Waals surface area contributed by atoms with Gasteiger partial charge in [-0.25, -0.2) is 0 Å². The molecule has 0 bridgehead atoms. The molecule has 3 N–H and O–H groups in total. The molecule has 1 aliphatic carbocycles. The van der Waals surface area contributed by atoms with Gasteiger partial charge in [-0.15, -0.1) is 10.2 Å². The third kappa shape index (κ3) is 4.39. The zero-order valence-corrected chi connectivity index (χ0v) is 17.7. The predicted molar refractivity (Wildman–Crippen MR) is 122 cm³/mol. The second-order valence-corrected chi connectivity index (χ2v) is 7.78. The van der Waals surface area contributed by atoms with Gasteiger partial charge in [-0.1, -0.05) is 36.4 Å². The number of aryl methyl sites for hydroxylation is 3. The number of phenolic OH excluding ortho intramolecular Hbond substituents is 1. The van der Waals surface area contributed by atoms with Crippen molar-refractivity contribution in [3.8, 4) is 5.75 Å². The summed E-state index contributed by atoms with van der Waals surface area (Å²) in [6, 6.07) is 13.5. The summed E-state index contributed by atoms with van der Waals surface area (Å²) in [6.07, 6.45) is 4.16. The van der Waals surface area contributed by atoms with E-state index in [9.17, 15) is 14.7 Å². The number of fused-ring (bicyclic) bond motifs is 1. The van der Waals surface area contributed by atoms with Crippen molar-refractivity contribution in [2.24, 2.45) is 10.2 Å². The molecular weight excluding hydrogens is 408 g/mol. The molecule has 0 saturated heterocycles. The summed E-state index contributed by atoms with van der Waals surface area (Å²) in [5.41, 5.74) is 4.85. The quantitative estimate of drug-likeness (QED) is 0.457. The number of phenols is 1. The zero-order chi connectivity index (χ0) is 22.7. The van der Waals surface area contributed by atoms with Crippen molar-refractivity contribution in [3.05, 3.63) is 75.2 Å². The van der Waals surface area contributed by atoms with E-state index in [2.05, 4.69) is 27.5 Å². The Balaban J connectivity index is 1.58. The fourth-order valence-corrected chi connectivity index (χ4v) is 3.90. The van der Waals surface area contributed by atoms with Crippen LogP contribution in [0.25, 0.3) is 11.6 Å². The number of para-hydroxylation sites is 1. The molecule has 0 atom stereocenters. The minimum absolute atomic E-state index is 0.00287. The van der Waals surface area contributed by atoms with Gasteiger partial charge >= 0.3 is 5.97 Å². The Morgan fingerprint density at radius 1 is 1.16 bits per heavy atom. The third-order valence-corrected chi connectivity index (χ3v) is 5.54. The lowest BCUT2D eigenvalue weighted by atomic mass is 10.0. The van der Waals surface area contributed by atoms with E-state index in [1.165, 1.54) is 15.8 Å². The smallest absolute Gasteiger partial charge is 0.303 e. The minimum atomic E-state index is -0.910. The van der Waals surface area contributed by atoms with Gasteiger partial charge in [-0.2, -0.15) is 0 Å². The predicted octanol–water partition coefficient (Wildman–Crippen LogP) is 4.96. The Morgan fingerprint density at radius 3 is 2.78 bits per heavy atom. The van der Waals surface area contributed by atoms with Gasteiger partial charge in [0.15, 0.2) is 5.69 Å². The first-order valence-electron chi connectivity index (χ1n) is 10.5. The molecule has 0 fully saturated rings. The number of rotatable bonds is 7. The minimum Gasteiger partial charge on any atom is -0.505 e. The average molecular weight is 432 g/mol. The highest BCUT2D eigenvalue weighted by molar-refractivity contribution is 5.87. The first kappa shape index (κ1) is 21.3. The number of nitrogens with zero attached hydrogens (tertiary/aromatic N) is 3. The van der Waals surface area contributed by atoms with Crippen LogP contribution >= 0.6 is 0 Å². The van der Waals surface area contributed by atoms with E-state index in [0.29, 0.717) is 17.7 Å². The molecule has 1 aromatic heterocycles. The van der Waals surface area contributed by atoms with Crippen LogP contribution in [0, 0.1) is 6.92 Å². The third-order valence-electron chi connectivity index (χ3n) is 5.54. The first-order chi connectivity index (χ1) is 15.4. The maximum atomic E-state index is 12.5. The molecule has 4 rings (SSSR count). The van der Waals surface area contributed by atoms with Crippen molar-refractivity contribution >= 4 is 29.0 Å². The molecular formula is C24H24N4O4. The number of hydrogen-bond donors (Lipinski definition) is 3. The van der Waals surface area contributed by atoms with Gasteiger partial charge in [0, 0.05) is 18.5 Å². The molecule has 0 spiro atoms. The molecule has 8 nitrogen and oxygen atoms in total. The van der Waals surface area contributed by atoms with Gasteiger partial charge in [-0.05, 0) is 55.0 Å². The highest BCUT2D eigenvalue weighted by Crippen LogP contribution is 2.37. The Bertz CT molecular complexity index is 1280. The summed E-state index contributed by atoms with van der Waals surface area (Å²) in [7, 11) is 0. The fourth-order valence-electron chi connectivity index (χ4n) is 3.90. The van der Waals surface area contributed by atoms with Crippen molar-refractivity contribution in [1.82, 2.24) is 9.78 Å². The molecule has 1 heterocycles. The first-order valence-corrected chi connectivity index (χ1v) is 10.5. The number of carbonyl (C=O) groups is 1. The van der Waals surface area contributed by atoms with Gasteiger partial charge in [0.25, 0.3) is 5.56 Å². The van der Waals surface area contributed by atoms with Crippen LogP contribution in [0.15, 0.2) is 57.5 Å². The van der Waals surface area contributed by atoms with Crippen LogP contribution in [-0.2, 0) is 17.8 Å². The Morgan fingerprint density at radius 2 is 1.97 bits per heavy atom. The summed E-state index contributed by atoms with van der Waals surface area (Å²) in [6.45, 7) is 1.94. The van der Waals surface area contributed by atoms with Crippen molar-refractivity contribution in [3.63, 3.8) is 0 Å². The topological polar surface area (TPSA) is 120 Å². The van der Waals surface area contributed by atoms with E-state index >= 15 is 0 Å². The second-order valence-electron chi connectivity index (χ2n) is 7.78. The van der Waals surface area contributed by atoms with E-state index < -0.39 is 5.97 Å². The second kappa shape index (κ2) is 9.05. The zero-order valence-electron chi connectivity index (χ0n) is 17.7. The van der Waals surface area contributed by atoms with Gasteiger partial charge in [0.1, 0.15) is 11.4 Å². The Kier molecular flexibility index (Phi) is 6.02. The average Bonchev–Trinajstić information content (AvgIpc) is 3.29. The lowest BCUT2D eigenvalue weighted by molar-refractivity contribution is -0.137. The van der Waals surface area contributed by atoms with Gasteiger partial charge in [0.05, 0.1) is 5.69 Å². The number of benzene rings is 2. The van der Waals surface area contributed by atoms with Crippen LogP contribution in [-0.4, -0.2) is 26.0 Å². The number of carboxylic acids is 1. The molecule has 0 amide bonds. The number of azo groups is 1. The molecule has 2 aromatic carbocycles. The summed E-state index contributed by atoms with van der Waals surface area (Å²) in [5.74, 6) is -0.907. The van der Waals surface area contributed by atoms with Crippen LogP contribution in [0.1, 0.15) is 41.6 Å². The molecule has 0 radical (unpaired) electrons. The molecule has 0 unspecified atom stereocenters. The van der Waals surface area contributed by atoms with Gasteiger partial charge in [0.2, 0.25) is 0 Å². The van der Waals surface area contributed by atoms with E-state index in [1.807, 2.05) is 24.3 Å². The summed E-state index contributed by atoms with van der Waals surface area (Å²) in [4.78, 5) is 23.2. The number of carboxylic acid groups (broad SMARTS) is 1. The molecule has 1 aliphatic rings. The maximum absolute atomic E-state index is 12.5. The number of nitrogens with one attached hydrogen (secondary N) is 1. The maximum Gasteiger partial charge on any atom is 0.303 e. The molecule has 3 aromatic rings. The monoisotopic (exact) mass is 432 g/mol. The van der Waals surface area contributed by atoms with E-state index in [0.717, 1.165) is 18.4 Å². The van der Waals surface area contributed by atoms with Crippen molar-refractivity contribution in [1.29, 1.82) is 0 Å². The summed E-state index contributed by atoms with van der Waals surface area (Å²) in [5, 5.41) is 30.6. The molecule has 0 saturated carbocycles. The fraction of sp³-hybridized carbons (Fsp3) is 0.250. The van der Waals surface area contributed by atoms with Crippen molar-refractivity contribution < 1.29 is 15.0 Å².